The van der Waals surface area contributed by atoms with Gasteiger partial charge in [-0.1, -0.05) is 50.0 Å². The number of carbonyl (C=O) groups excluding carboxylic acids is 1. The van der Waals surface area contributed by atoms with Gasteiger partial charge in [0.15, 0.2) is 5.75 Å². The van der Waals surface area contributed by atoms with E-state index in [4.69, 9.17) is 9.47 Å². The molecule has 0 N–H and O–H groups in total. The fourth-order valence-electron chi connectivity index (χ4n) is 3.41. The molecule has 0 heterocycles. The van der Waals surface area contributed by atoms with Crippen LogP contribution in [-0.4, -0.2) is 18.7 Å². The molecular formula is C26H36O4P+. The highest BCUT2D eigenvalue weighted by molar-refractivity contribution is 7.71. The molecule has 0 saturated heterocycles. The van der Waals surface area contributed by atoms with E-state index in [9.17, 15) is 9.36 Å². The van der Waals surface area contributed by atoms with E-state index in [0.29, 0.717) is 47.4 Å². The lowest BCUT2D eigenvalue weighted by Crippen LogP contribution is -2.13. The molecule has 0 aliphatic rings. The summed E-state index contributed by atoms with van der Waals surface area (Å²) in [7, 11) is -2.31. The first kappa shape index (κ1) is 25.1. The van der Waals surface area contributed by atoms with Crippen molar-refractivity contribution >= 4 is 18.6 Å². The Morgan fingerprint density at radius 3 is 1.97 bits per heavy atom. The summed E-state index contributed by atoms with van der Waals surface area (Å²) in [5.41, 5.74) is 2.97. The molecule has 0 aliphatic heterocycles. The Kier molecular flexibility index (Phi) is 9.25. The predicted molar refractivity (Wildman–Crippen MR) is 129 cm³/mol. The Morgan fingerprint density at radius 2 is 1.42 bits per heavy atom. The van der Waals surface area contributed by atoms with E-state index in [-0.39, 0.29) is 5.52 Å². The summed E-state index contributed by atoms with van der Waals surface area (Å²) in [5.74, 6) is 2.18. The summed E-state index contributed by atoms with van der Waals surface area (Å²) in [6.07, 6.45) is 1.82. The van der Waals surface area contributed by atoms with Crippen LogP contribution in [0.5, 0.6) is 11.5 Å². The first-order valence-corrected chi connectivity index (χ1v) is 12.3. The molecule has 31 heavy (non-hydrogen) atoms. The van der Waals surface area contributed by atoms with Crippen LogP contribution in [-0.2, 0) is 4.57 Å². The van der Waals surface area contributed by atoms with Crippen molar-refractivity contribution in [3.8, 4) is 11.5 Å². The smallest absolute Gasteiger partial charge is 0.462 e. The molecule has 0 radical (unpaired) electrons. The van der Waals surface area contributed by atoms with Crippen LogP contribution in [0.2, 0.25) is 0 Å². The highest BCUT2D eigenvalue weighted by atomic mass is 31.1. The summed E-state index contributed by atoms with van der Waals surface area (Å²) in [6.45, 7) is 15.4. The van der Waals surface area contributed by atoms with Crippen LogP contribution in [0.1, 0.15) is 67.6 Å². The first-order chi connectivity index (χ1) is 14.6. The molecule has 0 spiro atoms. The minimum Gasteiger partial charge on any atom is -0.493 e. The highest BCUT2D eigenvalue weighted by Gasteiger charge is 2.38. The molecule has 0 amide bonds. The quantitative estimate of drug-likeness (QED) is 0.360. The van der Waals surface area contributed by atoms with Gasteiger partial charge in [-0.3, -0.25) is 0 Å². The number of benzene rings is 2. The van der Waals surface area contributed by atoms with Crippen molar-refractivity contribution in [2.24, 2.45) is 11.8 Å². The lowest BCUT2D eigenvalue weighted by Gasteiger charge is -2.12. The fraction of sp³-hybridized carbons (Fsp3) is 0.500. The average Bonchev–Trinajstić information content (AvgIpc) is 2.66. The standard InChI is InChI=1S/C26H36O4P/c1-17(2)10-12-29-22-8-9-24(23(16-22)30-13-11-18(3)4)31(28)26(27)25-20(6)14-19(5)15-21(25)7/h8-9,14-18H,10-13H2,1-7H3/q+1. The minimum atomic E-state index is -2.31. The molecule has 0 fully saturated rings. The average molecular weight is 444 g/mol. The molecule has 2 aromatic carbocycles. The van der Waals surface area contributed by atoms with E-state index in [0.717, 1.165) is 29.5 Å². The van der Waals surface area contributed by atoms with Gasteiger partial charge in [0.2, 0.25) is 5.30 Å². The van der Waals surface area contributed by atoms with Crippen molar-refractivity contribution in [2.75, 3.05) is 13.2 Å². The zero-order valence-electron chi connectivity index (χ0n) is 20.0. The topological polar surface area (TPSA) is 52.6 Å². The van der Waals surface area contributed by atoms with Gasteiger partial charge in [0.25, 0.3) is 0 Å². The molecule has 4 nitrogen and oxygen atoms in total. The lowest BCUT2D eigenvalue weighted by atomic mass is 10.0. The zero-order valence-corrected chi connectivity index (χ0v) is 20.8. The molecule has 5 heteroatoms. The number of ether oxygens (including phenoxy) is 2. The van der Waals surface area contributed by atoms with Crippen LogP contribution in [0.3, 0.4) is 0 Å². The van der Waals surface area contributed by atoms with Crippen LogP contribution in [0.15, 0.2) is 30.3 Å². The van der Waals surface area contributed by atoms with Crippen LogP contribution < -0.4 is 14.8 Å². The van der Waals surface area contributed by atoms with E-state index >= 15 is 0 Å². The second-order valence-electron chi connectivity index (χ2n) is 9.06. The number of rotatable bonds is 11. The largest absolute Gasteiger partial charge is 0.493 e. The molecule has 168 valence electrons. The van der Waals surface area contributed by atoms with Crippen molar-refractivity contribution in [3.63, 3.8) is 0 Å². The molecule has 0 bridgehead atoms. The molecular weight excluding hydrogens is 407 g/mol. The third kappa shape index (κ3) is 7.18. The third-order valence-corrected chi connectivity index (χ3v) is 6.54. The number of hydrogen-bond acceptors (Lipinski definition) is 4. The summed E-state index contributed by atoms with van der Waals surface area (Å²) in [5, 5.41) is 0.430. The Hall–Kier alpha value is -2.19. The molecule has 0 aliphatic carbocycles. The van der Waals surface area contributed by atoms with E-state index in [2.05, 4.69) is 27.7 Å². The lowest BCUT2D eigenvalue weighted by molar-refractivity contribution is 0.107. The Bertz CT molecular complexity index is 908. The van der Waals surface area contributed by atoms with Crippen LogP contribution >= 0.6 is 7.80 Å². The summed E-state index contributed by atoms with van der Waals surface area (Å²) >= 11 is 0. The normalized spacial score (nSPS) is 11.7. The first-order valence-electron chi connectivity index (χ1n) is 11.1. The monoisotopic (exact) mass is 443 g/mol. The molecule has 2 aromatic rings. The number of aryl methyl sites for hydroxylation is 3. The number of carbonyl (C=O) groups is 1. The van der Waals surface area contributed by atoms with Crippen LogP contribution in [0.4, 0.5) is 0 Å². The SMILES string of the molecule is Cc1cc(C)c(C(=O)[P+](=O)c2ccc(OCCC(C)C)cc2OCCC(C)C)c(C)c1. The number of hydrogen-bond donors (Lipinski definition) is 0. The predicted octanol–water partition coefficient (Wildman–Crippen LogP) is 6.75. The second kappa shape index (κ2) is 11.4. The van der Waals surface area contributed by atoms with Gasteiger partial charge in [0, 0.05) is 6.07 Å². The van der Waals surface area contributed by atoms with Crippen molar-refractivity contribution in [1.82, 2.24) is 0 Å². The summed E-state index contributed by atoms with van der Waals surface area (Å²) in [6, 6.07) is 9.17. The molecule has 1 atom stereocenters. The van der Waals surface area contributed by atoms with E-state index in [1.54, 1.807) is 18.2 Å². The van der Waals surface area contributed by atoms with Crippen molar-refractivity contribution in [2.45, 2.75) is 61.3 Å². The Balaban J connectivity index is 2.33. The maximum atomic E-state index is 13.3. The molecule has 1 unspecified atom stereocenters. The second-order valence-corrected chi connectivity index (χ2v) is 10.5. The third-order valence-electron chi connectivity index (χ3n) is 5.14. The van der Waals surface area contributed by atoms with Gasteiger partial charge in [-0.05, 0) is 68.7 Å². The van der Waals surface area contributed by atoms with Crippen molar-refractivity contribution in [3.05, 3.63) is 52.6 Å². The molecule has 0 aromatic heterocycles. The summed E-state index contributed by atoms with van der Waals surface area (Å²) in [4.78, 5) is 13.2. The highest BCUT2D eigenvalue weighted by Crippen LogP contribution is 2.35. The van der Waals surface area contributed by atoms with Crippen LogP contribution in [0, 0.1) is 32.6 Å². The fourth-order valence-corrected chi connectivity index (χ4v) is 4.73. The van der Waals surface area contributed by atoms with Gasteiger partial charge < -0.3 is 9.47 Å². The maximum Gasteiger partial charge on any atom is 0.462 e. The zero-order chi connectivity index (χ0) is 23.1. The van der Waals surface area contributed by atoms with E-state index in [1.807, 2.05) is 32.9 Å². The molecule has 2 rings (SSSR count). The molecule has 0 saturated carbocycles. The van der Waals surface area contributed by atoms with Gasteiger partial charge in [-0.2, -0.15) is 0 Å². The van der Waals surface area contributed by atoms with Crippen molar-refractivity contribution in [1.29, 1.82) is 0 Å². The Labute approximate surface area is 188 Å². The van der Waals surface area contributed by atoms with Crippen LogP contribution in [0.25, 0.3) is 0 Å². The van der Waals surface area contributed by atoms with Gasteiger partial charge in [0.05, 0.1) is 18.8 Å². The van der Waals surface area contributed by atoms with Gasteiger partial charge in [0.1, 0.15) is 5.75 Å². The van der Waals surface area contributed by atoms with Gasteiger partial charge >= 0.3 is 13.3 Å². The van der Waals surface area contributed by atoms with Gasteiger partial charge in [-0.25, -0.2) is 4.79 Å². The summed E-state index contributed by atoms with van der Waals surface area (Å²) < 4.78 is 25.2. The maximum absolute atomic E-state index is 13.3. The Morgan fingerprint density at radius 1 is 0.871 bits per heavy atom. The van der Waals surface area contributed by atoms with E-state index in [1.165, 1.54) is 0 Å². The van der Waals surface area contributed by atoms with Crippen molar-refractivity contribution < 1.29 is 18.8 Å². The van der Waals surface area contributed by atoms with Gasteiger partial charge in [-0.15, -0.1) is 0 Å². The van der Waals surface area contributed by atoms with E-state index < -0.39 is 7.80 Å². The minimum absolute atomic E-state index is 0.354.